The predicted molar refractivity (Wildman–Crippen MR) is 64.0 cm³/mol. The van der Waals surface area contributed by atoms with Crippen molar-refractivity contribution in [2.75, 3.05) is 0 Å². The van der Waals surface area contributed by atoms with E-state index < -0.39 is 0 Å². The number of hydrogen-bond donors (Lipinski definition) is 2. The van der Waals surface area contributed by atoms with E-state index in [9.17, 15) is 9.90 Å². The van der Waals surface area contributed by atoms with Crippen molar-refractivity contribution in [3.05, 3.63) is 29.5 Å². The zero-order valence-corrected chi connectivity index (χ0v) is 9.29. The van der Waals surface area contributed by atoms with Crippen LogP contribution in [0.15, 0.2) is 18.3 Å². The number of fused-ring (bicyclic) bond motifs is 1. The number of aromatic nitrogens is 1. The highest BCUT2D eigenvalue weighted by molar-refractivity contribution is 5.96. The molecule has 2 rings (SSSR count). The number of carbonyl (C=O) groups is 1. The molecule has 0 spiro atoms. The fourth-order valence-corrected chi connectivity index (χ4v) is 1.96. The highest BCUT2D eigenvalue weighted by Crippen LogP contribution is 2.30. The van der Waals surface area contributed by atoms with Crippen molar-refractivity contribution in [3.8, 4) is 5.75 Å². The molecule has 0 fully saturated rings. The number of benzene rings is 1. The molecule has 0 aliphatic heterocycles. The quantitative estimate of drug-likeness (QED) is 0.773. The second-order valence-electron chi connectivity index (χ2n) is 3.96. The number of rotatable bonds is 4. The Balaban J connectivity index is 2.57. The van der Waals surface area contributed by atoms with Crippen molar-refractivity contribution in [3.63, 3.8) is 0 Å². The van der Waals surface area contributed by atoms with Gasteiger partial charge in [-0.3, -0.25) is 4.79 Å². The molecule has 2 aromatic rings. The number of carbonyl (C=O) groups excluding carboxylic acids is 1. The Bertz CT molecular complexity index is 514. The Labute approximate surface area is 94.1 Å². The molecule has 3 heteroatoms. The smallest absolute Gasteiger partial charge is 0.154 e. The molecule has 0 bridgehead atoms. The van der Waals surface area contributed by atoms with Gasteiger partial charge in [-0.1, -0.05) is 13.3 Å². The van der Waals surface area contributed by atoms with Crippen LogP contribution in [-0.4, -0.2) is 16.4 Å². The molecular weight excluding hydrogens is 202 g/mol. The molecule has 2 N–H and O–H groups in total. The predicted octanol–water partition coefficient (Wildman–Crippen LogP) is 3.03. The van der Waals surface area contributed by atoms with Gasteiger partial charge in [0.05, 0.1) is 5.56 Å². The van der Waals surface area contributed by atoms with E-state index in [1.165, 1.54) is 0 Å². The number of aldehydes is 1. The molecule has 0 radical (unpaired) electrons. The molecule has 0 atom stereocenters. The molecule has 0 saturated carbocycles. The number of hydrogen-bond acceptors (Lipinski definition) is 2. The fourth-order valence-electron chi connectivity index (χ4n) is 1.96. The minimum Gasteiger partial charge on any atom is -0.506 e. The van der Waals surface area contributed by atoms with Gasteiger partial charge in [-0.2, -0.15) is 0 Å². The lowest BCUT2D eigenvalue weighted by molar-refractivity contribution is 0.112. The van der Waals surface area contributed by atoms with Crippen LogP contribution in [-0.2, 0) is 6.42 Å². The molecular formula is C13H15NO2. The van der Waals surface area contributed by atoms with Crippen molar-refractivity contribution < 1.29 is 9.90 Å². The summed E-state index contributed by atoms with van der Waals surface area (Å²) in [6.45, 7) is 2.10. The minimum atomic E-state index is 0.0971. The maximum atomic E-state index is 11.0. The number of aromatic hydroxyl groups is 1. The average molecular weight is 217 g/mol. The van der Waals surface area contributed by atoms with Crippen molar-refractivity contribution >= 4 is 17.2 Å². The van der Waals surface area contributed by atoms with Gasteiger partial charge in [-0.05, 0) is 30.5 Å². The van der Waals surface area contributed by atoms with E-state index in [1.807, 2.05) is 6.07 Å². The van der Waals surface area contributed by atoms with Gasteiger partial charge in [0.25, 0.3) is 0 Å². The SMILES string of the molecule is CCCCc1cc2[nH]ccc2c(O)c1C=O. The first-order valence-electron chi connectivity index (χ1n) is 5.55. The molecule has 1 aromatic carbocycles. The molecule has 3 nitrogen and oxygen atoms in total. The van der Waals surface area contributed by atoms with E-state index in [0.717, 1.165) is 36.6 Å². The summed E-state index contributed by atoms with van der Waals surface area (Å²) in [6.07, 6.45) is 5.43. The van der Waals surface area contributed by atoms with Crippen LogP contribution in [0.3, 0.4) is 0 Å². The van der Waals surface area contributed by atoms with E-state index in [4.69, 9.17) is 0 Å². The first-order valence-corrected chi connectivity index (χ1v) is 5.55. The van der Waals surface area contributed by atoms with Crippen molar-refractivity contribution in [1.82, 2.24) is 4.98 Å². The van der Waals surface area contributed by atoms with E-state index in [-0.39, 0.29) is 5.75 Å². The van der Waals surface area contributed by atoms with Gasteiger partial charge in [0.15, 0.2) is 6.29 Å². The van der Waals surface area contributed by atoms with Crippen LogP contribution in [0, 0.1) is 0 Å². The summed E-state index contributed by atoms with van der Waals surface area (Å²) in [4.78, 5) is 14.1. The number of aromatic amines is 1. The maximum Gasteiger partial charge on any atom is 0.154 e. The molecule has 0 aliphatic rings. The zero-order chi connectivity index (χ0) is 11.5. The first-order chi connectivity index (χ1) is 7.77. The third kappa shape index (κ3) is 1.69. The summed E-state index contributed by atoms with van der Waals surface area (Å²) in [5.41, 5.74) is 2.24. The Morgan fingerprint density at radius 3 is 3.00 bits per heavy atom. The van der Waals surface area contributed by atoms with E-state index >= 15 is 0 Å². The Kier molecular flexibility index (Phi) is 2.95. The monoisotopic (exact) mass is 217 g/mol. The van der Waals surface area contributed by atoms with Gasteiger partial charge in [0.2, 0.25) is 0 Å². The lowest BCUT2D eigenvalue weighted by atomic mass is 9.99. The topological polar surface area (TPSA) is 53.1 Å². The van der Waals surface area contributed by atoms with Crippen molar-refractivity contribution in [2.24, 2.45) is 0 Å². The van der Waals surface area contributed by atoms with E-state index in [2.05, 4.69) is 11.9 Å². The number of phenolic OH excluding ortho intramolecular Hbond substituents is 1. The van der Waals surface area contributed by atoms with Gasteiger partial charge in [-0.25, -0.2) is 0 Å². The normalized spacial score (nSPS) is 10.8. The number of nitrogens with one attached hydrogen (secondary N) is 1. The summed E-state index contributed by atoms with van der Waals surface area (Å²) in [5.74, 6) is 0.0971. The van der Waals surface area contributed by atoms with Gasteiger partial charge < -0.3 is 10.1 Å². The van der Waals surface area contributed by atoms with Crippen LogP contribution in [0.25, 0.3) is 10.9 Å². The standard InChI is InChI=1S/C13H15NO2/c1-2-3-4-9-7-12-10(5-6-14-12)13(16)11(9)8-15/h5-8,14,16H,2-4H2,1H3. The molecule has 0 aliphatic carbocycles. The minimum absolute atomic E-state index is 0.0971. The summed E-state index contributed by atoms with van der Waals surface area (Å²) >= 11 is 0. The third-order valence-electron chi connectivity index (χ3n) is 2.87. The van der Waals surface area contributed by atoms with Gasteiger partial charge in [-0.15, -0.1) is 0 Å². The third-order valence-corrected chi connectivity index (χ3v) is 2.87. The van der Waals surface area contributed by atoms with Crippen LogP contribution < -0.4 is 0 Å². The van der Waals surface area contributed by atoms with Crippen LogP contribution >= 0.6 is 0 Å². The number of phenols is 1. The van der Waals surface area contributed by atoms with E-state index in [1.54, 1.807) is 12.3 Å². The highest BCUT2D eigenvalue weighted by Gasteiger charge is 2.12. The number of H-pyrrole nitrogens is 1. The molecule has 0 amide bonds. The molecule has 0 unspecified atom stereocenters. The average Bonchev–Trinajstić information content (AvgIpc) is 2.75. The molecule has 84 valence electrons. The molecule has 1 heterocycles. The summed E-state index contributed by atoms with van der Waals surface area (Å²) in [5, 5.41) is 10.7. The summed E-state index contributed by atoms with van der Waals surface area (Å²) < 4.78 is 0. The van der Waals surface area contributed by atoms with Crippen LogP contribution in [0.5, 0.6) is 5.75 Å². The molecule has 1 aromatic heterocycles. The maximum absolute atomic E-state index is 11.0. The molecule has 16 heavy (non-hydrogen) atoms. The van der Waals surface area contributed by atoms with Crippen LogP contribution in [0.2, 0.25) is 0 Å². The lowest BCUT2D eigenvalue weighted by Gasteiger charge is -2.07. The summed E-state index contributed by atoms with van der Waals surface area (Å²) in [7, 11) is 0. The number of unbranched alkanes of at least 4 members (excludes halogenated alkanes) is 1. The fraction of sp³-hybridized carbons (Fsp3) is 0.308. The largest absolute Gasteiger partial charge is 0.506 e. The molecule has 0 saturated heterocycles. The Morgan fingerprint density at radius 2 is 2.31 bits per heavy atom. The van der Waals surface area contributed by atoms with Crippen LogP contribution in [0.4, 0.5) is 0 Å². The van der Waals surface area contributed by atoms with Gasteiger partial charge >= 0.3 is 0 Å². The van der Waals surface area contributed by atoms with E-state index in [0.29, 0.717) is 10.9 Å². The van der Waals surface area contributed by atoms with Gasteiger partial charge in [0.1, 0.15) is 5.75 Å². The highest BCUT2D eigenvalue weighted by atomic mass is 16.3. The lowest BCUT2D eigenvalue weighted by Crippen LogP contribution is -1.94. The second kappa shape index (κ2) is 4.39. The van der Waals surface area contributed by atoms with Crippen molar-refractivity contribution in [1.29, 1.82) is 0 Å². The van der Waals surface area contributed by atoms with Gasteiger partial charge in [0, 0.05) is 17.1 Å². The van der Waals surface area contributed by atoms with Crippen molar-refractivity contribution in [2.45, 2.75) is 26.2 Å². The second-order valence-corrected chi connectivity index (χ2v) is 3.96. The number of aryl methyl sites for hydroxylation is 1. The van der Waals surface area contributed by atoms with Crippen LogP contribution in [0.1, 0.15) is 35.7 Å². The Morgan fingerprint density at radius 1 is 1.50 bits per heavy atom. The zero-order valence-electron chi connectivity index (χ0n) is 9.29. The summed E-state index contributed by atoms with van der Waals surface area (Å²) in [6, 6.07) is 3.73. The Hall–Kier alpha value is -1.77. The first kappa shape index (κ1) is 10.7.